The maximum absolute atomic E-state index is 12.5. The Labute approximate surface area is 154 Å². The van der Waals surface area contributed by atoms with Gasteiger partial charge in [0.1, 0.15) is 12.1 Å². The number of hydrogen-bond acceptors (Lipinski definition) is 4. The first-order valence-electron chi connectivity index (χ1n) is 8.65. The summed E-state index contributed by atoms with van der Waals surface area (Å²) in [5, 5.41) is 8.01. The van der Waals surface area contributed by atoms with Crippen LogP contribution in [0, 0.1) is 11.8 Å². The van der Waals surface area contributed by atoms with Gasteiger partial charge in [0.15, 0.2) is 0 Å². The van der Waals surface area contributed by atoms with E-state index in [4.69, 9.17) is 5.84 Å². The van der Waals surface area contributed by atoms with Crippen molar-refractivity contribution in [1.29, 1.82) is 0 Å². The number of rotatable bonds is 8. The van der Waals surface area contributed by atoms with E-state index in [1.54, 1.807) is 13.8 Å². The Bertz CT molecular complexity index is 604. The maximum Gasteiger partial charge on any atom is 0.316 e. The lowest BCUT2D eigenvalue weighted by Crippen LogP contribution is -2.58. The van der Waals surface area contributed by atoms with E-state index in [-0.39, 0.29) is 17.7 Å². The lowest BCUT2D eigenvalue weighted by molar-refractivity contribution is -0.124. The summed E-state index contributed by atoms with van der Waals surface area (Å²) in [5.74, 6) is 4.07. The van der Waals surface area contributed by atoms with Gasteiger partial charge in [0.2, 0.25) is 5.91 Å². The van der Waals surface area contributed by atoms with E-state index in [0.29, 0.717) is 6.54 Å². The fourth-order valence-electron chi connectivity index (χ4n) is 2.38. The molecule has 4 amide bonds. The molecular weight excluding hydrogens is 334 g/mol. The van der Waals surface area contributed by atoms with Crippen molar-refractivity contribution in [3.05, 3.63) is 35.9 Å². The molecule has 0 aliphatic carbocycles. The molecule has 26 heavy (non-hydrogen) atoms. The summed E-state index contributed by atoms with van der Waals surface area (Å²) < 4.78 is 0. The molecule has 2 atom stereocenters. The van der Waals surface area contributed by atoms with E-state index in [0.717, 1.165) is 5.56 Å². The molecule has 0 saturated carbocycles. The monoisotopic (exact) mass is 363 g/mol. The standard InChI is InChI=1S/C18H29N5O3/c1-11(2)14(16(24)20-10-13-8-6-5-7-9-13)21-18(26)22-15(12(3)4)17(25)23-19/h5-9,11-12,14-15H,10,19H2,1-4H3,(H,20,24)(H,23,25)(H2,21,22,26)/t14-,15-/m0/s1. The van der Waals surface area contributed by atoms with Gasteiger partial charge in [-0.3, -0.25) is 15.0 Å². The predicted molar refractivity (Wildman–Crippen MR) is 99.5 cm³/mol. The Kier molecular flexibility index (Phi) is 8.57. The first-order valence-corrected chi connectivity index (χ1v) is 8.65. The first-order chi connectivity index (χ1) is 12.3. The van der Waals surface area contributed by atoms with Crippen molar-refractivity contribution in [2.45, 2.75) is 46.3 Å². The molecule has 0 bridgehead atoms. The van der Waals surface area contributed by atoms with Crippen LogP contribution in [0.25, 0.3) is 0 Å². The average molecular weight is 363 g/mol. The molecule has 0 aliphatic rings. The average Bonchev–Trinajstić information content (AvgIpc) is 2.61. The minimum Gasteiger partial charge on any atom is -0.350 e. The van der Waals surface area contributed by atoms with Gasteiger partial charge in [0.05, 0.1) is 0 Å². The molecule has 8 nitrogen and oxygen atoms in total. The molecule has 0 aliphatic heterocycles. The van der Waals surface area contributed by atoms with Crippen LogP contribution < -0.4 is 27.2 Å². The number of hydrazine groups is 1. The number of nitrogens with two attached hydrogens (primary N) is 1. The molecule has 0 aromatic heterocycles. The molecule has 1 rings (SSSR count). The van der Waals surface area contributed by atoms with Crippen molar-refractivity contribution in [1.82, 2.24) is 21.4 Å². The highest BCUT2D eigenvalue weighted by molar-refractivity contribution is 5.90. The van der Waals surface area contributed by atoms with E-state index in [9.17, 15) is 14.4 Å². The molecule has 0 fully saturated rings. The fourth-order valence-corrected chi connectivity index (χ4v) is 2.38. The minimum atomic E-state index is -0.791. The van der Waals surface area contributed by atoms with Crippen LogP contribution in [0.4, 0.5) is 4.79 Å². The van der Waals surface area contributed by atoms with Crippen molar-refractivity contribution in [2.24, 2.45) is 17.7 Å². The van der Waals surface area contributed by atoms with Gasteiger partial charge < -0.3 is 16.0 Å². The van der Waals surface area contributed by atoms with E-state index < -0.39 is 24.0 Å². The second-order valence-corrected chi connectivity index (χ2v) is 6.77. The molecule has 8 heteroatoms. The van der Waals surface area contributed by atoms with Gasteiger partial charge in [-0.05, 0) is 17.4 Å². The van der Waals surface area contributed by atoms with Gasteiger partial charge in [0, 0.05) is 6.54 Å². The minimum absolute atomic E-state index is 0.127. The van der Waals surface area contributed by atoms with Gasteiger partial charge in [-0.1, -0.05) is 58.0 Å². The highest BCUT2D eigenvalue weighted by atomic mass is 16.2. The third kappa shape index (κ3) is 6.72. The normalized spacial score (nSPS) is 13.0. The largest absolute Gasteiger partial charge is 0.350 e. The first kappa shape index (κ1) is 21.4. The van der Waals surface area contributed by atoms with Gasteiger partial charge in [-0.2, -0.15) is 0 Å². The van der Waals surface area contributed by atoms with Crippen LogP contribution >= 0.6 is 0 Å². The Balaban J connectivity index is 2.66. The highest BCUT2D eigenvalue weighted by Gasteiger charge is 2.28. The molecule has 1 aromatic rings. The van der Waals surface area contributed by atoms with Crippen LogP contribution in [0.1, 0.15) is 33.3 Å². The van der Waals surface area contributed by atoms with Crippen molar-refractivity contribution >= 4 is 17.8 Å². The van der Waals surface area contributed by atoms with Crippen LogP contribution in [0.5, 0.6) is 0 Å². The zero-order valence-corrected chi connectivity index (χ0v) is 15.7. The van der Waals surface area contributed by atoms with Gasteiger partial charge in [-0.15, -0.1) is 0 Å². The molecule has 0 saturated heterocycles. The Hall–Kier alpha value is -2.61. The smallest absolute Gasteiger partial charge is 0.316 e. The zero-order chi connectivity index (χ0) is 19.7. The van der Waals surface area contributed by atoms with Crippen LogP contribution in [-0.4, -0.2) is 29.9 Å². The van der Waals surface area contributed by atoms with Crippen LogP contribution in [-0.2, 0) is 16.1 Å². The van der Waals surface area contributed by atoms with Crippen LogP contribution in [0.3, 0.4) is 0 Å². The number of urea groups is 1. The second kappa shape index (κ2) is 10.4. The number of amides is 4. The van der Waals surface area contributed by atoms with Crippen molar-refractivity contribution in [3.63, 3.8) is 0 Å². The number of benzene rings is 1. The molecule has 1 aromatic carbocycles. The highest BCUT2D eigenvalue weighted by Crippen LogP contribution is 2.05. The molecule has 0 unspecified atom stereocenters. The molecule has 0 spiro atoms. The zero-order valence-electron chi connectivity index (χ0n) is 15.7. The lowest BCUT2D eigenvalue weighted by Gasteiger charge is -2.25. The van der Waals surface area contributed by atoms with E-state index in [1.807, 2.05) is 49.6 Å². The van der Waals surface area contributed by atoms with Crippen LogP contribution in [0.15, 0.2) is 30.3 Å². The number of carbonyl (C=O) groups excluding carboxylic acids is 3. The van der Waals surface area contributed by atoms with E-state index in [2.05, 4.69) is 16.0 Å². The second-order valence-electron chi connectivity index (χ2n) is 6.77. The number of nitrogens with one attached hydrogen (secondary N) is 4. The van der Waals surface area contributed by atoms with Gasteiger partial charge in [0.25, 0.3) is 5.91 Å². The summed E-state index contributed by atoms with van der Waals surface area (Å²) in [4.78, 5) is 36.4. The molecular formula is C18H29N5O3. The Morgan fingerprint density at radius 1 is 0.885 bits per heavy atom. The van der Waals surface area contributed by atoms with Crippen molar-refractivity contribution in [3.8, 4) is 0 Å². The predicted octanol–water partition coefficient (Wildman–Crippen LogP) is 0.641. The maximum atomic E-state index is 12.5. The van der Waals surface area contributed by atoms with E-state index in [1.165, 1.54) is 0 Å². The van der Waals surface area contributed by atoms with Crippen molar-refractivity contribution in [2.75, 3.05) is 0 Å². The summed E-state index contributed by atoms with van der Waals surface area (Å²) in [7, 11) is 0. The SMILES string of the molecule is CC(C)[C@H](NC(=O)N[C@H](C(=O)NCc1ccccc1)C(C)C)C(=O)NN. The van der Waals surface area contributed by atoms with E-state index >= 15 is 0 Å². The van der Waals surface area contributed by atoms with Crippen LogP contribution in [0.2, 0.25) is 0 Å². The number of carbonyl (C=O) groups is 3. The molecule has 144 valence electrons. The van der Waals surface area contributed by atoms with Gasteiger partial charge in [-0.25, -0.2) is 10.6 Å². The third-order valence-corrected chi connectivity index (χ3v) is 3.92. The Morgan fingerprint density at radius 2 is 1.38 bits per heavy atom. The molecule has 0 heterocycles. The number of hydrogen-bond donors (Lipinski definition) is 5. The van der Waals surface area contributed by atoms with Crippen molar-refractivity contribution < 1.29 is 14.4 Å². The quantitative estimate of drug-likeness (QED) is 0.264. The summed E-state index contributed by atoms with van der Waals surface area (Å²) in [5.41, 5.74) is 2.99. The molecule has 0 radical (unpaired) electrons. The summed E-state index contributed by atoms with van der Waals surface area (Å²) in [6.45, 7) is 7.61. The molecule has 6 N–H and O–H groups in total. The Morgan fingerprint density at radius 3 is 1.85 bits per heavy atom. The topological polar surface area (TPSA) is 125 Å². The fraction of sp³-hybridized carbons (Fsp3) is 0.500. The third-order valence-electron chi connectivity index (χ3n) is 3.92. The summed E-state index contributed by atoms with van der Waals surface area (Å²) >= 11 is 0. The van der Waals surface area contributed by atoms with Gasteiger partial charge >= 0.3 is 6.03 Å². The summed E-state index contributed by atoms with van der Waals surface area (Å²) in [6.07, 6.45) is 0. The lowest BCUT2D eigenvalue weighted by atomic mass is 10.0. The summed E-state index contributed by atoms with van der Waals surface area (Å²) in [6, 6.07) is 7.38.